The number of hydrogen-bond donors (Lipinski definition) is 0. The van der Waals surface area contributed by atoms with Crippen molar-refractivity contribution in [3.63, 3.8) is 0 Å². The Kier molecular flexibility index (Phi) is 1.73. The Labute approximate surface area is 65.6 Å². The standard InChI is InChI=1S/C8H12OS/c9-8-5-6-1-3-7(10-8)4-2-6/h6-7H,1-5H2. The third-order valence-electron chi connectivity index (χ3n) is 2.55. The highest BCUT2D eigenvalue weighted by atomic mass is 32.2. The molecule has 0 spiro atoms. The fourth-order valence-corrected chi connectivity index (χ4v) is 3.14. The van der Waals surface area contributed by atoms with Crippen LogP contribution < -0.4 is 0 Å². The Morgan fingerprint density at radius 2 is 1.90 bits per heavy atom. The lowest BCUT2D eigenvalue weighted by atomic mass is 9.87. The van der Waals surface area contributed by atoms with Gasteiger partial charge in [0.15, 0.2) is 5.12 Å². The van der Waals surface area contributed by atoms with Gasteiger partial charge in [-0.05, 0) is 31.6 Å². The maximum absolute atomic E-state index is 11.1. The molecular formula is C8H12OS. The average molecular weight is 156 g/mol. The number of carbonyl (C=O) groups excluding carboxylic acids is 1. The first kappa shape index (κ1) is 6.71. The van der Waals surface area contributed by atoms with Gasteiger partial charge in [-0.2, -0.15) is 0 Å². The van der Waals surface area contributed by atoms with Gasteiger partial charge in [-0.25, -0.2) is 0 Å². The van der Waals surface area contributed by atoms with E-state index >= 15 is 0 Å². The van der Waals surface area contributed by atoms with E-state index in [1.807, 2.05) is 0 Å². The summed E-state index contributed by atoms with van der Waals surface area (Å²) < 4.78 is 0. The molecule has 1 aliphatic carbocycles. The summed E-state index contributed by atoms with van der Waals surface area (Å²) in [5.41, 5.74) is 0. The third-order valence-corrected chi connectivity index (χ3v) is 3.78. The summed E-state index contributed by atoms with van der Waals surface area (Å²) in [5, 5.41) is 1.14. The first-order valence-corrected chi connectivity index (χ1v) is 4.92. The highest BCUT2D eigenvalue weighted by Crippen LogP contribution is 2.39. The van der Waals surface area contributed by atoms with Crippen LogP contribution in [0.1, 0.15) is 32.1 Å². The van der Waals surface area contributed by atoms with Crippen LogP contribution in [-0.2, 0) is 4.79 Å². The minimum Gasteiger partial charge on any atom is -0.287 e. The normalized spacial score (nSPS) is 39.8. The molecule has 0 atom stereocenters. The van der Waals surface area contributed by atoms with Crippen LogP contribution in [0.15, 0.2) is 0 Å². The van der Waals surface area contributed by atoms with E-state index in [1.54, 1.807) is 11.8 Å². The van der Waals surface area contributed by atoms with E-state index in [4.69, 9.17) is 0 Å². The molecule has 0 unspecified atom stereocenters. The zero-order valence-electron chi connectivity index (χ0n) is 6.01. The molecular weight excluding hydrogens is 144 g/mol. The van der Waals surface area contributed by atoms with Gasteiger partial charge in [0.1, 0.15) is 0 Å². The molecule has 3 fully saturated rings. The van der Waals surface area contributed by atoms with Crippen molar-refractivity contribution in [1.82, 2.24) is 0 Å². The van der Waals surface area contributed by atoms with Crippen molar-refractivity contribution < 1.29 is 4.79 Å². The van der Waals surface area contributed by atoms with Crippen LogP contribution in [0.4, 0.5) is 0 Å². The van der Waals surface area contributed by atoms with Crippen molar-refractivity contribution in [2.24, 2.45) is 5.92 Å². The lowest BCUT2D eigenvalue weighted by Crippen LogP contribution is -2.11. The average Bonchev–Trinajstić information content (AvgIpc) is 2.17. The lowest BCUT2D eigenvalue weighted by Gasteiger charge is -2.20. The molecule has 2 aliphatic heterocycles. The quantitative estimate of drug-likeness (QED) is 0.535. The summed E-state index contributed by atoms with van der Waals surface area (Å²) >= 11 is 1.61. The molecule has 1 saturated carbocycles. The Morgan fingerprint density at radius 3 is 2.60 bits per heavy atom. The van der Waals surface area contributed by atoms with Crippen LogP contribution >= 0.6 is 11.8 Å². The van der Waals surface area contributed by atoms with E-state index in [9.17, 15) is 4.79 Å². The molecule has 0 N–H and O–H groups in total. The van der Waals surface area contributed by atoms with Crippen LogP contribution in [0.5, 0.6) is 0 Å². The lowest BCUT2D eigenvalue weighted by molar-refractivity contribution is -0.111. The Morgan fingerprint density at radius 1 is 1.20 bits per heavy atom. The van der Waals surface area contributed by atoms with Gasteiger partial charge in [-0.3, -0.25) is 4.79 Å². The summed E-state index contributed by atoms with van der Waals surface area (Å²) in [7, 11) is 0. The maximum atomic E-state index is 11.1. The first-order chi connectivity index (χ1) is 4.84. The third kappa shape index (κ3) is 1.22. The number of thioether (sulfide) groups is 1. The molecule has 2 bridgehead atoms. The summed E-state index contributed by atoms with van der Waals surface area (Å²) in [6, 6.07) is 0. The largest absolute Gasteiger partial charge is 0.287 e. The second-order valence-electron chi connectivity index (χ2n) is 3.34. The highest BCUT2D eigenvalue weighted by molar-refractivity contribution is 8.14. The second kappa shape index (κ2) is 2.57. The van der Waals surface area contributed by atoms with Gasteiger partial charge in [0.2, 0.25) is 0 Å². The zero-order valence-corrected chi connectivity index (χ0v) is 6.82. The molecule has 0 radical (unpaired) electrons. The second-order valence-corrected chi connectivity index (χ2v) is 4.69. The van der Waals surface area contributed by atoms with Crippen LogP contribution in [0.25, 0.3) is 0 Å². The maximum Gasteiger partial charge on any atom is 0.189 e. The highest BCUT2D eigenvalue weighted by Gasteiger charge is 2.29. The van der Waals surface area contributed by atoms with Crippen molar-refractivity contribution >= 4 is 16.9 Å². The Hall–Kier alpha value is 0.0200. The van der Waals surface area contributed by atoms with Gasteiger partial charge in [0, 0.05) is 11.7 Å². The molecule has 2 saturated heterocycles. The molecule has 0 aromatic heterocycles. The van der Waals surface area contributed by atoms with Crippen molar-refractivity contribution in [2.45, 2.75) is 37.4 Å². The number of carbonyl (C=O) groups is 1. The van der Waals surface area contributed by atoms with E-state index in [1.165, 1.54) is 25.7 Å². The van der Waals surface area contributed by atoms with Crippen molar-refractivity contribution in [3.05, 3.63) is 0 Å². The van der Waals surface area contributed by atoms with Gasteiger partial charge in [0.25, 0.3) is 0 Å². The molecule has 10 heavy (non-hydrogen) atoms. The summed E-state index contributed by atoms with van der Waals surface area (Å²) in [6.07, 6.45) is 6.07. The molecule has 2 heterocycles. The summed E-state index contributed by atoms with van der Waals surface area (Å²) in [5.74, 6) is 0.749. The van der Waals surface area contributed by atoms with Crippen LogP contribution in [-0.4, -0.2) is 10.4 Å². The molecule has 3 rings (SSSR count). The Bertz CT molecular complexity index is 131. The summed E-state index contributed by atoms with van der Waals surface area (Å²) in [4.78, 5) is 11.1. The SMILES string of the molecule is O=C1CC2CCC(CC2)S1. The zero-order chi connectivity index (χ0) is 6.97. The van der Waals surface area contributed by atoms with Gasteiger partial charge in [-0.15, -0.1) is 0 Å². The van der Waals surface area contributed by atoms with Crippen LogP contribution in [0, 0.1) is 5.92 Å². The van der Waals surface area contributed by atoms with Crippen molar-refractivity contribution in [3.8, 4) is 0 Å². The van der Waals surface area contributed by atoms with E-state index < -0.39 is 0 Å². The predicted octanol–water partition coefficient (Wildman–Crippen LogP) is 2.21. The van der Waals surface area contributed by atoms with E-state index in [0.717, 1.165) is 12.3 Å². The first-order valence-electron chi connectivity index (χ1n) is 4.04. The molecule has 0 aromatic rings. The fraction of sp³-hybridized carbons (Fsp3) is 0.875. The molecule has 3 aliphatic rings. The van der Waals surface area contributed by atoms with Crippen molar-refractivity contribution in [1.29, 1.82) is 0 Å². The van der Waals surface area contributed by atoms with Gasteiger partial charge >= 0.3 is 0 Å². The smallest absolute Gasteiger partial charge is 0.189 e. The molecule has 2 heteroatoms. The number of rotatable bonds is 0. The van der Waals surface area contributed by atoms with E-state index in [2.05, 4.69) is 0 Å². The molecule has 1 nitrogen and oxygen atoms in total. The fourth-order valence-electron chi connectivity index (χ4n) is 1.92. The van der Waals surface area contributed by atoms with Gasteiger partial charge in [0.05, 0.1) is 0 Å². The predicted molar refractivity (Wildman–Crippen MR) is 43.0 cm³/mol. The minimum absolute atomic E-state index is 0.449. The van der Waals surface area contributed by atoms with Crippen molar-refractivity contribution in [2.75, 3.05) is 0 Å². The monoisotopic (exact) mass is 156 g/mol. The molecule has 56 valence electrons. The summed E-state index contributed by atoms with van der Waals surface area (Å²) in [6.45, 7) is 0. The topological polar surface area (TPSA) is 17.1 Å². The van der Waals surface area contributed by atoms with Crippen LogP contribution in [0.3, 0.4) is 0 Å². The number of fused-ring (bicyclic) bond motifs is 4. The van der Waals surface area contributed by atoms with E-state index in [0.29, 0.717) is 10.4 Å². The van der Waals surface area contributed by atoms with Gasteiger partial charge < -0.3 is 0 Å². The Balaban J connectivity index is 2.12. The molecule has 0 aromatic carbocycles. The molecule has 0 amide bonds. The van der Waals surface area contributed by atoms with Crippen LogP contribution in [0.2, 0.25) is 0 Å². The minimum atomic E-state index is 0.449. The number of hydrogen-bond acceptors (Lipinski definition) is 2. The van der Waals surface area contributed by atoms with E-state index in [-0.39, 0.29) is 0 Å². The van der Waals surface area contributed by atoms with Gasteiger partial charge in [-0.1, -0.05) is 11.8 Å².